The van der Waals surface area contributed by atoms with Crippen LogP contribution in [0.4, 0.5) is 8.78 Å². The van der Waals surface area contributed by atoms with Crippen LogP contribution in [-0.4, -0.2) is 24.0 Å². The largest absolute Gasteiger partial charge is 0.481 e. The number of hydrogen-bond acceptors (Lipinski definition) is 4. The molecule has 1 heterocycles. The predicted molar refractivity (Wildman–Crippen MR) is 113 cm³/mol. The SMILES string of the molecule is CCC(C)(C#N)CC(C)(CC(C)(C)C(=O)O)c1c(F)cc(OC2CCCCO2)cc1F. The third kappa shape index (κ3) is 5.94. The van der Waals surface area contributed by atoms with Gasteiger partial charge in [-0.15, -0.1) is 0 Å². The number of carbonyl (C=O) groups is 1. The van der Waals surface area contributed by atoms with Gasteiger partial charge in [0, 0.05) is 29.5 Å². The molecule has 1 aromatic carbocycles. The van der Waals surface area contributed by atoms with Crippen molar-refractivity contribution in [1.82, 2.24) is 0 Å². The second-order valence-corrected chi connectivity index (χ2v) is 9.81. The molecule has 1 aliphatic rings. The van der Waals surface area contributed by atoms with E-state index in [1.807, 2.05) is 6.92 Å². The fraction of sp³-hybridized carbons (Fsp3) is 0.667. The predicted octanol–water partition coefficient (Wildman–Crippen LogP) is 5.96. The van der Waals surface area contributed by atoms with Crippen LogP contribution in [0.3, 0.4) is 0 Å². The van der Waals surface area contributed by atoms with Crippen molar-refractivity contribution >= 4 is 5.97 Å². The molecule has 0 bridgehead atoms. The highest BCUT2D eigenvalue weighted by molar-refractivity contribution is 5.73. The standard InChI is InChI=1S/C24H33F2NO4/c1-6-23(4,15-27)14-24(5,13-22(2,3)21(28)29)20-17(25)11-16(12-18(20)26)31-19-9-7-8-10-30-19/h11-12,19H,6-10,13-14H2,1-5H3,(H,28,29). The van der Waals surface area contributed by atoms with E-state index in [0.717, 1.165) is 25.0 Å². The monoisotopic (exact) mass is 437 g/mol. The molecule has 0 saturated carbocycles. The maximum Gasteiger partial charge on any atom is 0.309 e. The second-order valence-electron chi connectivity index (χ2n) is 9.81. The highest BCUT2D eigenvalue weighted by Crippen LogP contribution is 2.47. The Balaban J connectivity index is 2.49. The first-order chi connectivity index (χ1) is 14.4. The number of nitrogens with zero attached hydrogens (tertiary/aromatic N) is 1. The Morgan fingerprint density at radius 2 is 1.84 bits per heavy atom. The van der Waals surface area contributed by atoms with Crippen molar-refractivity contribution in [2.45, 2.75) is 84.8 Å². The van der Waals surface area contributed by atoms with E-state index >= 15 is 8.78 Å². The third-order valence-electron chi connectivity index (χ3n) is 6.27. The summed E-state index contributed by atoms with van der Waals surface area (Å²) in [5.41, 5.74) is -3.55. The summed E-state index contributed by atoms with van der Waals surface area (Å²) in [6.07, 6.45) is 2.49. The van der Waals surface area contributed by atoms with Gasteiger partial charge in [-0.3, -0.25) is 4.79 Å². The van der Waals surface area contributed by atoms with Gasteiger partial charge < -0.3 is 14.6 Å². The maximum atomic E-state index is 15.3. The van der Waals surface area contributed by atoms with E-state index in [1.54, 1.807) is 13.8 Å². The highest BCUT2D eigenvalue weighted by atomic mass is 19.1. The molecule has 31 heavy (non-hydrogen) atoms. The molecule has 5 nitrogen and oxygen atoms in total. The highest BCUT2D eigenvalue weighted by Gasteiger charge is 2.45. The molecular weight excluding hydrogens is 404 g/mol. The number of carboxylic acid groups (broad SMARTS) is 1. The minimum absolute atomic E-state index is 0.0315. The van der Waals surface area contributed by atoms with Gasteiger partial charge in [-0.25, -0.2) is 8.78 Å². The van der Waals surface area contributed by atoms with Crippen LogP contribution in [0.5, 0.6) is 5.75 Å². The number of hydrogen-bond donors (Lipinski definition) is 1. The van der Waals surface area contributed by atoms with Crippen molar-refractivity contribution in [2.24, 2.45) is 10.8 Å². The van der Waals surface area contributed by atoms with Crippen LogP contribution in [0, 0.1) is 33.8 Å². The number of nitriles is 1. The molecule has 172 valence electrons. The minimum atomic E-state index is -1.25. The van der Waals surface area contributed by atoms with E-state index in [4.69, 9.17) is 9.47 Å². The number of halogens is 2. The summed E-state index contributed by atoms with van der Waals surface area (Å²) in [6.45, 7) is 8.79. The number of aliphatic carboxylic acids is 1. The Labute approximate surface area is 183 Å². The van der Waals surface area contributed by atoms with E-state index in [2.05, 4.69) is 6.07 Å². The summed E-state index contributed by atoms with van der Waals surface area (Å²) in [5, 5.41) is 19.3. The Hall–Kier alpha value is -2.20. The number of carboxylic acids is 1. The number of benzene rings is 1. The van der Waals surface area contributed by atoms with Gasteiger partial charge in [0.15, 0.2) is 6.29 Å². The van der Waals surface area contributed by atoms with Crippen LogP contribution >= 0.6 is 0 Å². The van der Waals surface area contributed by atoms with Crippen LogP contribution in [0.2, 0.25) is 0 Å². The number of ether oxygens (including phenoxy) is 2. The average Bonchev–Trinajstić information content (AvgIpc) is 2.67. The summed E-state index contributed by atoms with van der Waals surface area (Å²) in [7, 11) is 0. The van der Waals surface area contributed by atoms with Crippen molar-refractivity contribution in [3.05, 3.63) is 29.3 Å². The molecule has 0 amide bonds. The summed E-state index contributed by atoms with van der Waals surface area (Å²) in [4.78, 5) is 11.8. The van der Waals surface area contributed by atoms with Crippen molar-refractivity contribution in [3.8, 4) is 11.8 Å². The van der Waals surface area contributed by atoms with Crippen LogP contribution < -0.4 is 4.74 Å². The molecule has 2 rings (SSSR count). The first kappa shape index (κ1) is 25.1. The van der Waals surface area contributed by atoms with E-state index < -0.39 is 40.1 Å². The molecule has 1 aliphatic heterocycles. The first-order valence-electron chi connectivity index (χ1n) is 10.8. The summed E-state index contributed by atoms with van der Waals surface area (Å²) < 4.78 is 41.8. The van der Waals surface area contributed by atoms with Crippen molar-refractivity contribution < 1.29 is 28.2 Å². The van der Waals surface area contributed by atoms with Crippen molar-refractivity contribution in [2.75, 3.05) is 6.61 Å². The summed E-state index contributed by atoms with van der Waals surface area (Å²) in [5.74, 6) is -2.66. The first-order valence-corrected chi connectivity index (χ1v) is 10.8. The summed E-state index contributed by atoms with van der Waals surface area (Å²) in [6, 6.07) is 4.49. The quantitative estimate of drug-likeness (QED) is 0.516. The lowest BCUT2D eigenvalue weighted by molar-refractivity contribution is -0.148. The zero-order valence-electron chi connectivity index (χ0n) is 19.1. The van der Waals surface area contributed by atoms with E-state index in [0.29, 0.717) is 19.4 Å². The Morgan fingerprint density at radius 3 is 2.29 bits per heavy atom. The second kappa shape index (κ2) is 9.52. The van der Waals surface area contributed by atoms with Gasteiger partial charge in [-0.2, -0.15) is 5.26 Å². The van der Waals surface area contributed by atoms with Gasteiger partial charge in [0.2, 0.25) is 0 Å². The lowest BCUT2D eigenvalue weighted by atomic mass is 9.62. The lowest BCUT2D eigenvalue weighted by Crippen LogP contribution is -2.39. The molecule has 0 aliphatic carbocycles. The molecule has 0 radical (unpaired) electrons. The Bertz CT molecular complexity index is 821. The van der Waals surface area contributed by atoms with Crippen molar-refractivity contribution in [3.63, 3.8) is 0 Å². The molecule has 0 aromatic heterocycles. The van der Waals surface area contributed by atoms with Gasteiger partial charge in [-0.05, 0) is 52.9 Å². The zero-order chi connectivity index (χ0) is 23.4. The van der Waals surface area contributed by atoms with Crippen molar-refractivity contribution in [1.29, 1.82) is 5.26 Å². The Kier molecular flexibility index (Phi) is 7.70. The van der Waals surface area contributed by atoms with E-state index in [9.17, 15) is 15.2 Å². The fourth-order valence-electron chi connectivity index (χ4n) is 4.55. The third-order valence-corrected chi connectivity index (χ3v) is 6.27. The zero-order valence-corrected chi connectivity index (χ0v) is 19.1. The summed E-state index contributed by atoms with van der Waals surface area (Å²) >= 11 is 0. The van der Waals surface area contributed by atoms with Gasteiger partial charge in [-0.1, -0.05) is 13.8 Å². The van der Waals surface area contributed by atoms with Crippen LogP contribution in [-0.2, 0) is 14.9 Å². The molecule has 3 atom stereocenters. The van der Waals surface area contributed by atoms with Gasteiger partial charge in [0.25, 0.3) is 0 Å². The van der Waals surface area contributed by atoms with Crippen LogP contribution in [0.15, 0.2) is 12.1 Å². The minimum Gasteiger partial charge on any atom is -0.481 e. The molecule has 0 spiro atoms. The van der Waals surface area contributed by atoms with E-state index in [1.165, 1.54) is 13.8 Å². The fourth-order valence-corrected chi connectivity index (χ4v) is 4.55. The molecule has 7 heteroatoms. The molecule has 3 unspecified atom stereocenters. The molecule has 1 saturated heterocycles. The van der Waals surface area contributed by atoms with Gasteiger partial charge >= 0.3 is 5.97 Å². The molecule has 1 N–H and O–H groups in total. The van der Waals surface area contributed by atoms with Crippen LogP contribution in [0.25, 0.3) is 0 Å². The van der Waals surface area contributed by atoms with Gasteiger partial charge in [0.1, 0.15) is 17.4 Å². The van der Waals surface area contributed by atoms with E-state index in [-0.39, 0.29) is 24.2 Å². The van der Waals surface area contributed by atoms with Gasteiger partial charge in [0.05, 0.1) is 23.5 Å². The normalized spacial score (nSPS) is 20.9. The average molecular weight is 438 g/mol. The maximum absolute atomic E-state index is 15.3. The Morgan fingerprint density at radius 1 is 1.23 bits per heavy atom. The lowest BCUT2D eigenvalue weighted by Gasteiger charge is -2.40. The topological polar surface area (TPSA) is 79.6 Å². The smallest absolute Gasteiger partial charge is 0.309 e. The molecule has 1 fully saturated rings. The van der Waals surface area contributed by atoms with Crippen LogP contribution in [0.1, 0.15) is 78.7 Å². The molecule has 1 aromatic rings. The number of rotatable bonds is 9. The molecular formula is C24H33F2NO4.